The van der Waals surface area contributed by atoms with Gasteiger partial charge in [-0.15, -0.1) is 0 Å². The van der Waals surface area contributed by atoms with Crippen LogP contribution in [0.5, 0.6) is 0 Å². The molecule has 18 heavy (non-hydrogen) atoms. The second-order valence-electron chi connectivity index (χ2n) is 5.84. The molecule has 1 unspecified atom stereocenters. The van der Waals surface area contributed by atoms with Gasteiger partial charge < -0.3 is 10.6 Å². The molecule has 6 heteroatoms. The van der Waals surface area contributed by atoms with Gasteiger partial charge in [0.05, 0.1) is 0 Å². The number of rotatable bonds is 4. The molecule has 0 aromatic carbocycles. The zero-order chi connectivity index (χ0) is 13.3. The molecular weight excluding hydrogens is 248 g/mol. The van der Waals surface area contributed by atoms with Crippen LogP contribution in [0, 0.1) is 0 Å². The SMILES string of the molecule is CC(Nc1nc(C2CC2)ns1)C(=O)NC(C)(C)C. The first-order valence-corrected chi connectivity index (χ1v) is 7.04. The van der Waals surface area contributed by atoms with Crippen LogP contribution >= 0.6 is 11.5 Å². The number of hydrogen-bond acceptors (Lipinski definition) is 5. The Hall–Kier alpha value is -1.17. The van der Waals surface area contributed by atoms with E-state index in [2.05, 4.69) is 20.0 Å². The van der Waals surface area contributed by atoms with Crippen LogP contribution in [0.25, 0.3) is 0 Å². The van der Waals surface area contributed by atoms with Crippen LogP contribution in [0.15, 0.2) is 0 Å². The lowest BCUT2D eigenvalue weighted by atomic mass is 10.1. The van der Waals surface area contributed by atoms with Gasteiger partial charge in [-0.05, 0) is 40.5 Å². The summed E-state index contributed by atoms with van der Waals surface area (Å²) >= 11 is 1.33. The van der Waals surface area contributed by atoms with E-state index in [1.54, 1.807) is 0 Å². The van der Waals surface area contributed by atoms with Gasteiger partial charge in [0.2, 0.25) is 11.0 Å². The molecule has 0 aliphatic heterocycles. The zero-order valence-electron chi connectivity index (χ0n) is 11.3. The second-order valence-corrected chi connectivity index (χ2v) is 6.59. The van der Waals surface area contributed by atoms with E-state index in [0.717, 1.165) is 11.0 Å². The Morgan fingerprint density at radius 3 is 2.67 bits per heavy atom. The molecule has 0 spiro atoms. The van der Waals surface area contributed by atoms with Crippen LogP contribution in [0.3, 0.4) is 0 Å². The molecule has 0 saturated heterocycles. The quantitative estimate of drug-likeness (QED) is 0.878. The maximum absolute atomic E-state index is 11.9. The van der Waals surface area contributed by atoms with Crippen molar-refractivity contribution in [3.63, 3.8) is 0 Å². The largest absolute Gasteiger partial charge is 0.350 e. The highest BCUT2D eigenvalue weighted by Crippen LogP contribution is 2.39. The number of anilines is 1. The summed E-state index contributed by atoms with van der Waals surface area (Å²) in [6.07, 6.45) is 2.38. The highest BCUT2D eigenvalue weighted by atomic mass is 32.1. The van der Waals surface area contributed by atoms with Gasteiger partial charge in [0.1, 0.15) is 11.9 Å². The lowest BCUT2D eigenvalue weighted by Gasteiger charge is -2.23. The predicted molar refractivity (Wildman–Crippen MR) is 72.9 cm³/mol. The summed E-state index contributed by atoms with van der Waals surface area (Å²) in [6, 6.07) is -0.302. The lowest BCUT2D eigenvalue weighted by molar-refractivity contribution is -0.122. The molecule has 1 amide bonds. The standard InChI is InChI=1S/C12H20N4OS/c1-7(10(17)15-12(2,3)4)13-11-14-9(16-18-11)8-5-6-8/h7-8H,5-6H2,1-4H3,(H,15,17)(H,13,14,16). The van der Waals surface area contributed by atoms with Crippen molar-refractivity contribution in [3.8, 4) is 0 Å². The number of carbonyl (C=O) groups excluding carboxylic acids is 1. The van der Waals surface area contributed by atoms with Gasteiger partial charge in [-0.2, -0.15) is 4.37 Å². The van der Waals surface area contributed by atoms with Crippen molar-refractivity contribution in [3.05, 3.63) is 5.82 Å². The van der Waals surface area contributed by atoms with E-state index in [1.165, 1.54) is 24.4 Å². The molecule has 1 fully saturated rings. The van der Waals surface area contributed by atoms with Gasteiger partial charge in [0, 0.05) is 23.0 Å². The Kier molecular flexibility index (Phi) is 3.56. The van der Waals surface area contributed by atoms with Gasteiger partial charge in [0.15, 0.2) is 0 Å². The molecule has 5 nitrogen and oxygen atoms in total. The topological polar surface area (TPSA) is 66.9 Å². The second kappa shape index (κ2) is 4.84. The fraction of sp³-hybridized carbons (Fsp3) is 0.750. The summed E-state index contributed by atoms with van der Waals surface area (Å²) in [4.78, 5) is 16.3. The van der Waals surface area contributed by atoms with E-state index >= 15 is 0 Å². The maximum Gasteiger partial charge on any atom is 0.242 e. The number of hydrogen-bond donors (Lipinski definition) is 2. The van der Waals surface area contributed by atoms with Crippen LogP contribution in [-0.4, -0.2) is 26.8 Å². The summed E-state index contributed by atoms with van der Waals surface area (Å²) in [7, 11) is 0. The van der Waals surface area contributed by atoms with Gasteiger partial charge in [0.25, 0.3) is 0 Å². The van der Waals surface area contributed by atoms with Crippen molar-refractivity contribution >= 4 is 22.6 Å². The normalized spacial score (nSPS) is 17.3. The van der Waals surface area contributed by atoms with Crippen molar-refractivity contribution in [2.45, 2.75) is 58.0 Å². The third-order valence-electron chi connectivity index (χ3n) is 2.62. The summed E-state index contributed by atoms with van der Waals surface area (Å²) in [5.74, 6) is 1.45. The third-order valence-corrected chi connectivity index (χ3v) is 3.28. The minimum absolute atomic E-state index is 0.0225. The Morgan fingerprint density at radius 1 is 1.44 bits per heavy atom. The molecule has 1 aromatic rings. The van der Waals surface area contributed by atoms with Crippen LogP contribution < -0.4 is 10.6 Å². The Morgan fingerprint density at radius 2 is 2.11 bits per heavy atom. The average Bonchev–Trinajstić information content (AvgIpc) is 2.98. The first-order valence-electron chi connectivity index (χ1n) is 6.27. The molecule has 2 N–H and O–H groups in total. The van der Waals surface area contributed by atoms with E-state index in [4.69, 9.17) is 0 Å². The van der Waals surface area contributed by atoms with Crippen molar-refractivity contribution in [2.24, 2.45) is 0 Å². The molecule has 0 radical (unpaired) electrons. The smallest absolute Gasteiger partial charge is 0.242 e. The molecular formula is C12H20N4OS. The van der Waals surface area contributed by atoms with Crippen LogP contribution in [-0.2, 0) is 4.79 Å². The Labute approximate surface area is 112 Å². The van der Waals surface area contributed by atoms with Crippen molar-refractivity contribution < 1.29 is 4.79 Å². The van der Waals surface area contributed by atoms with Crippen LogP contribution in [0.1, 0.15) is 52.3 Å². The number of amides is 1. The molecule has 1 aromatic heterocycles. The predicted octanol–water partition coefficient (Wildman–Crippen LogP) is 2.13. The molecule has 1 aliphatic carbocycles. The Balaban J connectivity index is 1.89. The first-order chi connectivity index (χ1) is 8.35. The van der Waals surface area contributed by atoms with Crippen LogP contribution in [0.2, 0.25) is 0 Å². The fourth-order valence-corrected chi connectivity index (χ4v) is 2.26. The van der Waals surface area contributed by atoms with Gasteiger partial charge in [-0.3, -0.25) is 4.79 Å². The molecule has 1 saturated carbocycles. The lowest BCUT2D eigenvalue weighted by Crippen LogP contribution is -2.47. The third kappa shape index (κ3) is 3.66. The average molecular weight is 268 g/mol. The molecule has 1 atom stereocenters. The monoisotopic (exact) mass is 268 g/mol. The number of nitrogens with one attached hydrogen (secondary N) is 2. The van der Waals surface area contributed by atoms with E-state index < -0.39 is 0 Å². The van der Waals surface area contributed by atoms with Crippen molar-refractivity contribution in [2.75, 3.05) is 5.32 Å². The van der Waals surface area contributed by atoms with Crippen molar-refractivity contribution in [1.29, 1.82) is 0 Å². The highest BCUT2D eigenvalue weighted by molar-refractivity contribution is 7.09. The molecule has 1 aliphatic rings. The van der Waals surface area contributed by atoms with E-state index in [9.17, 15) is 4.79 Å². The first kappa shape index (κ1) is 13.3. The number of aromatic nitrogens is 2. The van der Waals surface area contributed by atoms with Crippen LogP contribution in [0.4, 0.5) is 5.13 Å². The van der Waals surface area contributed by atoms with E-state index in [0.29, 0.717) is 5.92 Å². The molecule has 0 bridgehead atoms. The minimum Gasteiger partial charge on any atom is -0.350 e. The molecule has 100 valence electrons. The van der Waals surface area contributed by atoms with Gasteiger partial charge >= 0.3 is 0 Å². The molecule has 2 rings (SSSR count). The van der Waals surface area contributed by atoms with Gasteiger partial charge in [-0.1, -0.05) is 0 Å². The number of carbonyl (C=O) groups is 1. The van der Waals surface area contributed by atoms with Crippen molar-refractivity contribution in [1.82, 2.24) is 14.7 Å². The summed E-state index contributed by atoms with van der Waals surface area (Å²) in [5.41, 5.74) is -0.215. The summed E-state index contributed by atoms with van der Waals surface area (Å²) in [5, 5.41) is 6.77. The molecule has 1 heterocycles. The zero-order valence-corrected chi connectivity index (χ0v) is 12.1. The summed E-state index contributed by atoms with van der Waals surface area (Å²) in [6.45, 7) is 7.73. The maximum atomic E-state index is 11.9. The number of nitrogens with zero attached hydrogens (tertiary/aromatic N) is 2. The minimum atomic E-state index is -0.302. The van der Waals surface area contributed by atoms with E-state index in [-0.39, 0.29) is 17.5 Å². The fourth-order valence-electron chi connectivity index (χ4n) is 1.53. The van der Waals surface area contributed by atoms with Gasteiger partial charge in [-0.25, -0.2) is 4.98 Å². The summed E-state index contributed by atoms with van der Waals surface area (Å²) < 4.78 is 4.30. The highest BCUT2D eigenvalue weighted by Gasteiger charge is 2.28. The Bertz CT molecular complexity index is 434. The van der Waals surface area contributed by atoms with E-state index in [1.807, 2.05) is 27.7 Å².